The highest BCUT2D eigenvalue weighted by Crippen LogP contribution is 2.67. The van der Waals surface area contributed by atoms with Crippen molar-refractivity contribution in [1.82, 2.24) is 0 Å². The molecule has 128 heavy (non-hydrogen) atoms. The van der Waals surface area contributed by atoms with Gasteiger partial charge in [0.15, 0.2) is 0 Å². The quantitative estimate of drug-likeness (QED) is 0.130. The van der Waals surface area contributed by atoms with Gasteiger partial charge in [-0.3, -0.25) is 0 Å². The second kappa shape index (κ2) is 27.8. The van der Waals surface area contributed by atoms with Gasteiger partial charge >= 0.3 is 7.12 Å². The zero-order valence-electron chi connectivity index (χ0n) is 73.4. The molecule has 2 spiro atoms. The largest absolute Gasteiger partial charge is 0.494 e. The molecule has 5 heteroatoms. The van der Waals surface area contributed by atoms with Crippen molar-refractivity contribution in [2.45, 2.75) is 95.2 Å². The van der Waals surface area contributed by atoms with Gasteiger partial charge in [0.1, 0.15) is 0 Å². The first-order chi connectivity index (χ1) is 62.4. The standard InChI is InChI=1S/C58H39N.C38H24.C27H30BNO2/c1-57(2)52-26-11-13-28-55(52)59(56-29-14-12-27-53(56)57)38-17-15-16-36(32-38)37-30-31-41-45(33-37)39-18-3-4-19-40(39)46-34-48-44-22-7-10-25-51(44)58(54(48)35-47(41)46)49-23-8-5-20-42(49)43-21-6-9-24-50(43)58;1-23-18-19-26-30(20-23)24-10-2-3-11-25(24)31-21-33-29-14-6-9-17-36(29)38(37(33)22-32(26)31)34-15-7-4-12-27(34)28-13-5-8-16-35(28)38;1-25(2)21-14-7-9-16-23(21)29(24-17-10-8-15-22(24)25)20-13-11-12-19(18-20)28-30-26(3,4)27(5,6)31-28/h3-35H,1-2H3;2-22H,1H3;7-18H,1-6H3. The third-order valence-electron chi connectivity index (χ3n) is 30.4. The molecule has 610 valence electrons. The van der Waals surface area contributed by atoms with Gasteiger partial charge in [-0.1, -0.05) is 355 Å². The molecule has 4 aliphatic carbocycles. The molecule has 0 atom stereocenters. The lowest BCUT2D eigenvalue weighted by Gasteiger charge is -2.42. The second-order valence-corrected chi connectivity index (χ2v) is 38.3. The first-order valence-corrected chi connectivity index (χ1v) is 45.4. The summed E-state index contributed by atoms with van der Waals surface area (Å²) in [7, 11) is -0.378. The van der Waals surface area contributed by atoms with E-state index in [1.54, 1.807) is 0 Å². The van der Waals surface area contributed by atoms with Crippen molar-refractivity contribution >= 4 is 111 Å². The molecule has 0 bridgehead atoms. The Labute approximate surface area is 748 Å². The summed E-state index contributed by atoms with van der Waals surface area (Å²) in [4.78, 5) is 4.82. The van der Waals surface area contributed by atoms with Crippen LogP contribution in [0.25, 0.3) is 120 Å². The molecule has 7 aliphatic rings. The van der Waals surface area contributed by atoms with Gasteiger partial charge in [0.25, 0.3) is 0 Å². The predicted octanol–water partition coefficient (Wildman–Crippen LogP) is 31.2. The summed E-state index contributed by atoms with van der Waals surface area (Å²) in [6.45, 7) is 19.9. The van der Waals surface area contributed by atoms with Gasteiger partial charge < -0.3 is 19.1 Å². The highest BCUT2D eigenvalue weighted by Gasteiger charge is 2.55. The van der Waals surface area contributed by atoms with E-state index in [4.69, 9.17) is 9.31 Å². The number of rotatable bonds is 4. The van der Waals surface area contributed by atoms with Gasteiger partial charge in [0, 0.05) is 22.2 Å². The van der Waals surface area contributed by atoms with E-state index in [1.807, 2.05) is 0 Å². The summed E-state index contributed by atoms with van der Waals surface area (Å²) in [5.74, 6) is 0. The summed E-state index contributed by atoms with van der Waals surface area (Å²) in [5, 5.41) is 15.7. The Balaban J connectivity index is 0.000000111. The number of fused-ring (bicyclic) bond motifs is 36. The van der Waals surface area contributed by atoms with Crippen molar-refractivity contribution in [1.29, 1.82) is 0 Å². The zero-order valence-corrected chi connectivity index (χ0v) is 73.4. The van der Waals surface area contributed by atoms with Crippen LogP contribution in [-0.2, 0) is 31.0 Å². The fraction of sp³-hybridized carbons (Fsp3) is 0.122. The molecule has 3 aliphatic heterocycles. The van der Waals surface area contributed by atoms with Crippen molar-refractivity contribution < 1.29 is 9.31 Å². The van der Waals surface area contributed by atoms with Crippen LogP contribution in [0.2, 0.25) is 0 Å². The summed E-state index contributed by atoms with van der Waals surface area (Å²) in [6.07, 6.45) is 0. The summed E-state index contributed by atoms with van der Waals surface area (Å²) >= 11 is 0. The molecule has 20 aromatic carbocycles. The topological polar surface area (TPSA) is 24.9 Å². The van der Waals surface area contributed by atoms with Crippen LogP contribution < -0.4 is 15.3 Å². The van der Waals surface area contributed by atoms with Crippen molar-refractivity contribution in [2.24, 2.45) is 0 Å². The highest BCUT2D eigenvalue weighted by atomic mass is 16.7. The lowest BCUT2D eigenvalue weighted by atomic mass is 9.70. The van der Waals surface area contributed by atoms with E-state index in [0.717, 1.165) is 11.2 Å². The Morgan fingerprint density at radius 3 is 0.867 bits per heavy atom. The molecular formula is C123H93BN2O2. The maximum absolute atomic E-state index is 6.32. The minimum atomic E-state index is -0.382. The molecule has 0 unspecified atom stereocenters. The van der Waals surface area contributed by atoms with E-state index in [9.17, 15) is 0 Å². The van der Waals surface area contributed by atoms with Gasteiger partial charge in [-0.05, 0) is 306 Å². The minimum Gasteiger partial charge on any atom is -0.399 e. The van der Waals surface area contributed by atoms with Crippen LogP contribution in [0.3, 0.4) is 0 Å². The van der Waals surface area contributed by atoms with Crippen LogP contribution >= 0.6 is 0 Å². The third kappa shape index (κ3) is 10.6. The van der Waals surface area contributed by atoms with E-state index in [2.05, 4.69) is 472 Å². The normalized spacial score (nSPS) is 16.0. The molecule has 0 amide bonds. The van der Waals surface area contributed by atoms with Gasteiger partial charge in [0.05, 0.1) is 44.8 Å². The summed E-state index contributed by atoms with van der Waals surface area (Å²) in [6, 6.07) is 150. The van der Waals surface area contributed by atoms with Crippen molar-refractivity contribution in [3.8, 4) is 55.6 Å². The Kier molecular flexibility index (Phi) is 16.5. The Morgan fingerprint density at radius 1 is 0.203 bits per heavy atom. The number of hydrogen-bond acceptors (Lipinski definition) is 4. The summed E-state index contributed by atoms with van der Waals surface area (Å²) in [5.41, 5.74) is 37.6. The van der Waals surface area contributed by atoms with Crippen molar-refractivity contribution in [2.75, 3.05) is 9.80 Å². The van der Waals surface area contributed by atoms with Crippen LogP contribution in [0.5, 0.6) is 0 Å². The highest BCUT2D eigenvalue weighted by molar-refractivity contribution is 6.62. The second-order valence-electron chi connectivity index (χ2n) is 38.3. The van der Waals surface area contributed by atoms with E-state index >= 15 is 0 Å². The SMILES string of the molecule is CC1(C)c2ccccc2N(c2cccc(-c3ccc4c(c3)c3ccccc3c3cc5c(cc43)C3(c4ccccc4-c4ccccc43)c3ccccc3-5)c2)c2ccccc21.CC1(C)c2ccccc2N(c2cccc(B3OC(C)(C)C(C)(C)O3)c2)c2ccccc21.Cc1ccc2c(c1)c1ccccc1c1cc3c(cc21)C1(c2ccccc2-c2ccccc21)c1ccccc1-3. The molecular weight excluding hydrogens is 1550 g/mol. The molecule has 20 aromatic rings. The molecule has 0 saturated carbocycles. The van der Waals surface area contributed by atoms with Gasteiger partial charge in [-0.15, -0.1) is 0 Å². The number of hydrogen-bond donors (Lipinski definition) is 0. The third-order valence-corrected chi connectivity index (χ3v) is 30.4. The molecule has 3 heterocycles. The average molecular weight is 1640 g/mol. The van der Waals surface area contributed by atoms with Crippen LogP contribution in [0.1, 0.15) is 128 Å². The minimum absolute atomic E-state index is 0.0625. The van der Waals surface area contributed by atoms with Crippen LogP contribution in [0, 0.1) is 6.92 Å². The van der Waals surface area contributed by atoms with Crippen molar-refractivity contribution in [3.05, 3.63) is 473 Å². The van der Waals surface area contributed by atoms with E-state index in [0.29, 0.717) is 0 Å². The molecule has 0 N–H and O–H groups in total. The Hall–Kier alpha value is -14.5. The first-order valence-electron chi connectivity index (χ1n) is 45.4. The monoisotopic (exact) mass is 1640 g/mol. The molecule has 1 fully saturated rings. The number of aryl methyl sites for hydroxylation is 1. The van der Waals surface area contributed by atoms with Crippen molar-refractivity contribution in [3.63, 3.8) is 0 Å². The molecule has 0 radical (unpaired) electrons. The summed E-state index contributed by atoms with van der Waals surface area (Å²) < 4.78 is 12.6. The molecule has 1 saturated heterocycles. The van der Waals surface area contributed by atoms with Gasteiger partial charge in [-0.25, -0.2) is 0 Å². The molecule has 4 nitrogen and oxygen atoms in total. The zero-order chi connectivity index (χ0) is 86.1. The Morgan fingerprint density at radius 2 is 0.484 bits per heavy atom. The fourth-order valence-electron chi connectivity index (χ4n) is 23.9. The Bertz CT molecular complexity index is 7960. The predicted molar refractivity (Wildman–Crippen MR) is 536 cm³/mol. The van der Waals surface area contributed by atoms with E-state index in [1.165, 1.54) is 221 Å². The average Bonchev–Trinajstić information content (AvgIpc) is 1.50. The maximum atomic E-state index is 6.32. The number of para-hydroxylation sites is 4. The first kappa shape index (κ1) is 76.0. The molecule has 0 aromatic heterocycles. The van der Waals surface area contributed by atoms with Gasteiger partial charge in [0.2, 0.25) is 0 Å². The molecule has 27 rings (SSSR count). The van der Waals surface area contributed by atoms with E-state index in [-0.39, 0.29) is 40.0 Å². The lowest BCUT2D eigenvalue weighted by Crippen LogP contribution is -2.41. The van der Waals surface area contributed by atoms with E-state index < -0.39 is 0 Å². The van der Waals surface area contributed by atoms with Crippen LogP contribution in [0.4, 0.5) is 34.1 Å². The smallest absolute Gasteiger partial charge is 0.399 e. The number of nitrogens with zero attached hydrogens (tertiary/aromatic N) is 2. The number of benzene rings is 20. The maximum Gasteiger partial charge on any atom is 0.494 e. The fourth-order valence-corrected chi connectivity index (χ4v) is 23.9. The van der Waals surface area contributed by atoms with Crippen LogP contribution in [-0.4, -0.2) is 18.3 Å². The number of anilines is 6. The lowest BCUT2D eigenvalue weighted by molar-refractivity contribution is 0.00578. The van der Waals surface area contributed by atoms with Gasteiger partial charge in [-0.2, -0.15) is 0 Å². The van der Waals surface area contributed by atoms with Crippen LogP contribution in [0.15, 0.2) is 400 Å².